The molecule has 0 radical (unpaired) electrons. The third-order valence-electron chi connectivity index (χ3n) is 7.90. The molecule has 214 valence electrons. The standard InChI is InChI=1S/C32H33ClN2O6/c33-22-14-12-21(13-15-22)30-29(31(39)34-17-16-20-6-5-7-23(18-20)41-19-28(37)38)24-8-1-2-9-25(24)32(40)35(30)26-10-3-4-11-27(26)36/h1-2,5-9,12-15,18,26-27,29-30,36H,3-4,10-11,16-17,19H2,(H,34,39)(H,37,38)/t26-,27-,29+,30-/m0/s1. The lowest BCUT2D eigenvalue weighted by molar-refractivity contribution is -0.139. The van der Waals surface area contributed by atoms with Crippen LogP contribution in [0.3, 0.4) is 0 Å². The molecule has 2 amide bonds. The molecule has 3 aromatic carbocycles. The van der Waals surface area contributed by atoms with Crippen LogP contribution in [0.25, 0.3) is 0 Å². The third-order valence-corrected chi connectivity index (χ3v) is 8.15. The molecule has 3 N–H and O–H groups in total. The number of rotatable bonds is 9. The van der Waals surface area contributed by atoms with Crippen LogP contribution in [0.1, 0.15) is 64.7 Å². The first-order chi connectivity index (χ1) is 19.8. The number of carbonyl (C=O) groups is 3. The molecule has 0 aromatic heterocycles. The highest BCUT2D eigenvalue weighted by Crippen LogP contribution is 2.46. The van der Waals surface area contributed by atoms with Gasteiger partial charge in [0.15, 0.2) is 6.61 Å². The number of aliphatic hydroxyl groups is 1. The van der Waals surface area contributed by atoms with Crippen LogP contribution in [0.15, 0.2) is 72.8 Å². The maximum absolute atomic E-state index is 14.0. The fourth-order valence-corrected chi connectivity index (χ4v) is 6.13. The Labute approximate surface area is 243 Å². The maximum Gasteiger partial charge on any atom is 0.341 e. The van der Waals surface area contributed by atoms with E-state index >= 15 is 0 Å². The van der Waals surface area contributed by atoms with E-state index in [4.69, 9.17) is 21.4 Å². The van der Waals surface area contributed by atoms with Gasteiger partial charge >= 0.3 is 5.97 Å². The minimum atomic E-state index is -1.06. The number of aliphatic carboxylic acids is 1. The molecular weight excluding hydrogens is 544 g/mol. The van der Waals surface area contributed by atoms with E-state index in [0.29, 0.717) is 47.7 Å². The van der Waals surface area contributed by atoms with Gasteiger partial charge in [-0.1, -0.05) is 66.9 Å². The number of carbonyl (C=O) groups excluding carboxylic acids is 2. The molecule has 5 rings (SSSR count). The molecular formula is C32H33ClN2O6. The van der Waals surface area contributed by atoms with Gasteiger partial charge in [-0.15, -0.1) is 0 Å². The first kappa shape index (κ1) is 28.6. The molecule has 0 unspecified atom stereocenters. The second kappa shape index (κ2) is 12.7. The van der Waals surface area contributed by atoms with Crippen LogP contribution in [0.4, 0.5) is 0 Å². The molecule has 1 saturated carbocycles. The summed E-state index contributed by atoms with van der Waals surface area (Å²) in [6.45, 7) is -0.106. The monoisotopic (exact) mass is 576 g/mol. The van der Waals surface area contributed by atoms with E-state index in [0.717, 1.165) is 24.0 Å². The molecule has 0 saturated heterocycles. The van der Waals surface area contributed by atoms with Crippen LogP contribution in [-0.4, -0.2) is 58.2 Å². The summed E-state index contributed by atoms with van der Waals surface area (Å²) in [6, 6.07) is 20.5. The summed E-state index contributed by atoms with van der Waals surface area (Å²) in [7, 11) is 0. The van der Waals surface area contributed by atoms with Crippen LogP contribution in [-0.2, 0) is 16.0 Å². The first-order valence-electron chi connectivity index (χ1n) is 13.9. The fourth-order valence-electron chi connectivity index (χ4n) is 6.01. The SMILES string of the molecule is O=C(O)COc1cccc(CCNC(=O)[C@@H]2c3ccccc3C(=O)N([C@H]3CCCC[C@@H]3O)[C@H]2c2ccc(Cl)cc2)c1. The highest BCUT2D eigenvalue weighted by atomic mass is 35.5. The zero-order valence-electron chi connectivity index (χ0n) is 22.5. The number of carboxylic acid groups (broad SMARTS) is 1. The molecule has 2 aliphatic rings. The second-order valence-electron chi connectivity index (χ2n) is 10.6. The molecule has 0 bridgehead atoms. The molecule has 4 atom stereocenters. The molecule has 0 spiro atoms. The Hall–Kier alpha value is -3.88. The summed E-state index contributed by atoms with van der Waals surface area (Å²) in [5.74, 6) is -1.73. The molecule has 9 heteroatoms. The van der Waals surface area contributed by atoms with Gasteiger partial charge in [-0.2, -0.15) is 0 Å². The first-order valence-corrected chi connectivity index (χ1v) is 14.3. The quantitative estimate of drug-likeness (QED) is 0.339. The number of aliphatic hydroxyl groups excluding tert-OH is 1. The Balaban J connectivity index is 1.44. The van der Waals surface area contributed by atoms with Crippen molar-refractivity contribution >= 4 is 29.4 Å². The normalized spacial score (nSPS) is 22.1. The van der Waals surface area contributed by atoms with Crippen molar-refractivity contribution in [1.29, 1.82) is 0 Å². The molecule has 1 aliphatic heterocycles. The van der Waals surface area contributed by atoms with E-state index in [1.807, 2.05) is 30.3 Å². The van der Waals surface area contributed by atoms with Crippen molar-refractivity contribution in [3.05, 3.63) is 100 Å². The highest BCUT2D eigenvalue weighted by Gasteiger charge is 2.48. The lowest BCUT2D eigenvalue weighted by Crippen LogP contribution is -2.55. The summed E-state index contributed by atoms with van der Waals surface area (Å²) in [4.78, 5) is 40.6. The molecule has 41 heavy (non-hydrogen) atoms. The molecule has 1 aliphatic carbocycles. The number of halogens is 1. The van der Waals surface area contributed by atoms with Crippen molar-refractivity contribution in [2.24, 2.45) is 0 Å². The Bertz CT molecular complexity index is 1410. The summed E-state index contributed by atoms with van der Waals surface area (Å²) in [5, 5.41) is 23.5. The Kier molecular flexibility index (Phi) is 8.90. The number of hydrogen-bond acceptors (Lipinski definition) is 5. The lowest BCUT2D eigenvalue weighted by atomic mass is 9.76. The summed E-state index contributed by atoms with van der Waals surface area (Å²) in [5.41, 5.74) is 2.78. The van der Waals surface area contributed by atoms with Crippen LogP contribution in [0.2, 0.25) is 5.02 Å². The van der Waals surface area contributed by atoms with Gasteiger partial charge in [0.1, 0.15) is 5.75 Å². The van der Waals surface area contributed by atoms with Crippen LogP contribution < -0.4 is 10.1 Å². The highest BCUT2D eigenvalue weighted by molar-refractivity contribution is 6.30. The summed E-state index contributed by atoms with van der Waals surface area (Å²) in [6.07, 6.45) is 2.89. The largest absolute Gasteiger partial charge is 0.482 e. The average Bonchev–Trinajstić information content (AvgIpc) is 2.97. The minimum Gasteiger partial charge on any atom is -0.482 e. The summed E-state index contributed by atoms with van der Waals surface area (Å²) >= 11 is 6.20. The number of carboxylic acids is 1. The van der Waals surface area contributed by atoms with E-state index in [2.05, 4.69) is 5.32 Å². The van der Waals surface area contributed by atoms with E-state index in [-0.39, 0.29) is 11.8 Å². The van der Waals surface area contributed by atoms with Gasteiger partial charge in [-0.25, -0.2) is 4.79 Å². The van der Waals surface area contributed by atoms with Crippen molar-refractivity contribution in [3.8, 4) is 5.75 Å². The molecule has 1 heterocycles. The van der Waals surface area contributed by atoms with Gasteiger partial charge in [-0.3, -0.25) is 9.59 Å². The molecule has 1 fully saturated rings. The van der Waals surface area contributed by atoms with Crippen molar-refractivity contribution in [2.45, 2.75) is 56.2 Å². The van der Waals surface area contributed by atoms with Crippen molar-refractivity contribution in [1.82, 2.24) is 10.2 Å². The number of nitrogens with one attached hydrogen (secondary N) is 1. The second-order valence-corrected chi connectivity index (χ2v) is 11.0. The topological polar surface area (TPSA) is 116 Å². The number of fused-ring (bicyclic) bond motifs is 1. The van der Waals surface area contributed by atoms with Crippen LogP contribution >= 0.6 is 11.6 Å². The predicted octanol–water partition coefficient (Wildman–Crippen LogP) is 4.75. The van der Waals surface area contributed by atoms with Gasteiger partial charge in [0.05, 0.1) is 24.1 Å². The molecule has 3 aromatic rings. The maximum atomic E-state index is 14.0. The number of amides is 2. The van der Waals surface area contributed by atoms with E-state index in [1.165, 1.54) is 0 Å². The van der Waals surface area contributed by atoms with Crippen molar-refractivity contribution in [2.75, 3.05) is 13.2 Å². The Morgan fingerprint density at radius 2 is 1.76 bits per heavy atom. The van der Waals surface area contributed by atoms with Gasteiger partial charge in [0, 0.05) is 17.1 Å². The van der Waals surface area contributed by atoms with E-state index < -0.39 is 36.7 Å². The lowest BCUT2D eigenvalue weighted by Gasteiger charge is -2.48. The number of ether oxygens (including phenoxy) is 1. The van der Waals surface area contributed by atoms with Gasteiger partial charge in [0.2, 0.25) is 5.91 Å². The number of benzene rings is 3. The van der Waals surface area contributed by atoms with Crippen molar-refractivity contribution < 1.29 is 29.3 Å². The Morgan fingerprint density at radius 1 is 1.00 bits per heavy atom. The number of hydrogen-bond donors (Lipinski definition) is 3. The van der Waals surface area contributed by atoms with Gasteiger partial charge in [0.25, 0.3) is 5.91 Å². The smallest absolute Gasteiger partial charge is 0.341 e. The third kappa shape index (κ3) is 6.39. The fraction of sp³-hybridized carbons (Fsp3) is 0.344. The zero-order valence-corrected chi connectivity index (χ0v) is 23.3. The average molecular weight is 577 g/mol. The van der Waals surface area contributed by atoms with Crippen LogP contribution in [0, 0.1) is 0 Å². The zero-order chi connectivity index (χ0) is 28.9. The van der Waals surface area contributed by atoms with Gasteiger partial charge in [-0.05, 0) is 66.3 Å². The van der Waals surface area contributed by atoms with Gasteiger partial charge < -0.3 is 25.2 Å². The summed E-state index contributed by atoms with van der Waals surface area (Å²) < 4.78 is 5.28. The Morgan fingerprint density at radius 3 is 2.51 bits per heavy atom. The number of nitrogens with zero attached hydrogens (tertiary/aromatic N) is 1. The van der Waals surface area contributed by atoms with Crippen molar-refractivity contribution in [3.63, 3.8) is 0 Å². The minimum absolute atomic E-state index is 0.186. The van der Waals surface area contributed by atoms with E-state index in [9.17, 15) is 19.5 Å². The molecule has 8 nitrogen and oxygen atoms in total. The predicted molar refractivity (Wildman–Crippen MR) is 154 cm³/mol. The van der Waals surface area contributed by atoms with Crippen LogP contribution in [0.5, 0.6) is 5.75 Å². The van der Waals surface area contributed by atoms with E-state index in [1.54, 1.807) is 47.4 Å².